The molecule has 0 aromatic heterocycles. The Balaban J connectivity index is 2.31. The Morgan fingerprint density at radius 1 is 1.11 bits per heavy atom. The summed E-state index contributed by atoms with van der Waals surface area (Å²) in [6, 6.07) is 6.78. The second-order valence-corrected chi connectivity index (χ2v) is 5.51. The fourth-order valence-electron chi connectivity index (χ4n) is 2.19. The number of β-lactam (4-membered cyclic amide) rings is 1. The third-order valence-corrected chi connectivity index (χ3v) is 3.11. The maximum Gasteiger partial charge on any atom is 0.297 e. The van der Waals surface area contributed by atoms with Gasteiger partial charge in [-0.1, -0.05) is 20.8 Å². The molecule has 1 aliphatic heterocycles. The SMILES string of the molecule is COc1ccc(N2C(=O)C(=O)[C@@H]2C(C)(C)C)cc1. The lowest BCUT2D eigenvalue weighted by atomic mass is 9.77. The minimum absolute atomic E-state index is 0.259. The van der Waals surface area contributed by atoms with Crippen LogP contribution in [-0.4, -0.2) is 24.8 Å². The third-order valence-electron chi connectivity index (χ3n) is 3.11. The summed E-state index contributed by atoms with van der Waals surface area (Å²) in [6.07, 6.45) is 0. The molecule has 96 valence electrons. The van der Waals surface area contributed by atoms with Gasteiger partial charge in [-0.25, -0.2) is 0 Å². The van der Waals surface area contributed by atoms with Crippen LogP contribution in [0.15, 0.2) is 24.3 Å². The highest BCUT2D eigenvalue weighted by Crippen LogP contribution is 2.36. The van der Waals surface area contributed by atoms with E-state index < -0.39 is 5.91 Å². The van der Waals surface area contributed by atoms with Crippen molar-refractivity contribution in [1.82, 2.24) is 0 Å². The first-order chi connectivity index (χ1) is 8.36. The number of hydrogen-bond donors (Lipinski definition) is 0. The standard InChI is InChI=1S/C14H17NO3/c1-14(2,3)12-11(16)13(17)15(12)9-5-7-10(18-4)8-6-9/h5-8,12H,1-4H3/t12-/m1/s1. The highest BCUT2D eigenvalue weighted by atomic mass is 16.5. The number of amides is 1. The Bertz CT molecular complexity index is 485. The molecule has 4 nitrogen and oxygen atoms in total. The lowest BCUT2D eigenvalue weighted by Crippen LogP contribution is -2.67. The Labute approximate surface area is 107 Å². The monoisotopic (exact) mass is 247 g/mol. The molecule has 0 saturated carbocycles. The number of nitrogens with zero attached hydrogens (tertiary/aromatic N) is 1. The minimum Gasteiger partial charge on any atom is -0.497 e. The second-order valence-electron chi connectivity index (χ2n) is 5.51. The maximum absolute atomic E-state index is 11.7. The average molecular weight is 247 g/mol. The molecule has 2 rings (SSSR count). The van der Waals surface area contributed by atoms with Crippen molar-refractivity contribution in [2.24, 2.45) is 5.41 Å². The number of rotatable bonds is 2. The van der Waals surface area contributed by atoms with E-state index in [4.69, 9.17) is 4.74 Å². The zero-order valence-corrected chi connectivity index (χ0v) is 11.1. The van der Waals surface area contributed by atoms with Gasteiger partial charge in [-0.2, -0.15) is 0 Å². The Hall–Kier alpha value is -1.84. The first-order valence-corrected chi connectivity index (χ1v) is 5.87. The van der Waals surface area contributed by atoms with Gasteiger partial charge in [0.2, 0.25) is 5.78 Å². The highest BCUT2D eigenvalue weighted by Gasteiger charge is 2.52. The van der Waals surface area contributed by atoms with Gasteiger partial charge in [0.1, 0.15) is 11.8 Å². The number of ketones is 1. The fraction of sp³-hybridized carbons (Fsp3) is 0.429. The number of methoxy groups -OCH3 is 1. The maximum atomic E-state index is 11.7. The topological polar surface area (TPSA) is 46.6 Å². The van der Waals surface area contributed by atoms with Crippen LogP contribution >= 0.6 is 0 Å². The molecule has 4 heteroatoms. The molecule has 0 N–H and O–H groups in total. The van der Waals surface area contributed by atoms with Gasteiger partial charge in [0, 0.05) is 5.69 Å². The van der Waals surface area contributed by atoms with Gasteiger partial charge in [0.25, 0.3) is 5.91 Å². The number of anilines is 1. The number of carbonyl (C=O) groups is 2. The van der Waals surface area contributed by atoms with E-state index in [1.54, 1.807) is 36.3 Å². The molecule has 1 amide bonds. The first kappa shape index (κ1) is 12.6. The number of Topliss-reactive ketones (excluding diaryl/α,β-unsaturated/α-hetero) is 1. The van der Waals surface area contributed by atoms with Crippen LogP contribution in [0, 0.1) is 5.41 Å². The molecule has 0 unspecified atom stereocenters. The Kier molecular flexibility index (Phi) is 2.89. The van der Waals surface area contributed by atoms with Gasteiger partial charge in [-0.15, -0.1) is 0 Å². The smallest absolute Gasteiger partial charge is 0.297 e. The average Bonchev–Trinajstić information content (AvgIpc) is 2.33. The lowest BCUT2D eigenvalue weighted by molar-refractivity contribution is -0.145. The van der Waals surface area contributed by atoms with E-state index >= 15 is 0 Å². The summed E-state index contributed by atoms with van der Waals surface area (Å²) in [7, 11) is 1.59. The Morgan fingerprint density at radius 2 is 1.67 bits per heavy atom. The first-order valence-electron chi connectivity index (χ1n) is 5.87. The van der Waals surface area contributed by atoms with Crippen molar-refractivity contribution in [3.8, 4) is 5.75 Å². The van der Waals surface area contributed by atoms with Gasteiger partial charge < -0.3 is 4.74 Å². The molecule has 1 fully saturated rings. The predicted octanol–water partition coefficient (Wildman–Crippen LogP) is 2.03. The van der Waals surface area contributed by atoms with E-state index in [9.17, 15) is 9.59 Å². The summed E-state index contributed by atoms with van der Waals surface area (Å²) in [6.45, 7) is 5.87. The van der Waals surface area contributed by atoms with Gasteiger partial charge in [0.05, 0.1) is 7.11 Å². The molecule has 0 aliphatic carbocycles. The van der Waals surface area contributed by atoms with Crippen LogP contribution in [-0.2, 0) is 9.59 Å². The molecular weight excluding hydrogens is 230 g/mol. The largest absolute Gasteiger partial charge is 0.497 e. The minimum atomic E-state index is -0.430. The van der Waals surface area contributed by atoms with E-state index in [0.717, 1.165) is 11.4 Å². The molecule has 1 atom stereocenters. The summed E-state index contributed by atoms with van der Waals surface area (Å²) in [5, 5.41) is 0. The van der Waals surface area contributed by atoms with Crippen LogP contribution in [0.4, 0.5) is 5.69 Å². The molecule has 0 radical (unpaired) electrons. The quantitative estimate of drug-likeness (QED) is 0.593. The van der Waals surface area contributed by atoms with Crippen LogP contribution in [0.25, 0.3) is 0 Å². The van der Waals surface area contributed by atoms with Gasteiger partial charge in [-0.3, -0.25) is 14.5 Å². The summed E-state index contributed by atoms with van der Waals surface area (Å²) in [5.41, 5.74) is 0.477. The van der Waals surface area contributed by atoms with Crippen molar-refractivity contribution in [3.63, 3.8) is 0 Å². The molecule has 1 aromatic rings. The Morgan fingerprint density at radius 3 is 2.11 bits per heavy atom. The van der Waals surface area contributed by atoms with Gasteiger partial charge in [0.15, 0.2) is 0 Å². The van der Waals surface area contributed by atoms with Crippen LogP contribution in [0.2, 0.25) is 0 Å². The van der Waals surface area contributed by atoms with Crippen molar-refractivity contribution in [2.75, 3.05) is 12.0 Å². The molecule has 1 aromatic carbocycles. The number of benzene rings is 1. The third kappa shape index (κ3) is 1.88. The van der Waals surface area contributed by atoms with Crippen LogP contribution < -0.4 is 9.64 Å². The summed E-state index contributed by atoms with van der Waals surface area (Å²) in [4.78, 5) is 25.0. The van der Waals surface area contributed by atoms with Gasteiger partial charge in [-0.05, 0) is 29.7 Å². The fourth-order valence-corrected chi connectivity index (χ4v) is 2.19. The highest BCUT2D eigenvalue weighted by molar-refractivity contribution is 6.52. The van der Waals surface area contributed by atoms with E-state index in [1.807, 2.05) is 20.8 Å². The van der Waals surface area contributed by atoms with E-state index in [2.05, 4.69) is 0 Å². The summed E-state index contributed by atoms with van der Waals surface area (Å²) < 4.78 is 5.07. The molecule has 0 bridgehead atoms. The predicted molar refractivity (Wildman–Crippen MR) is 68.7 cm³/mol. The second kappa shape index (κ2) is 4.12. The number of carbonyl (C=O) groups excluding carboxylic acids is 2. The molecule has 1 saturated heterocycles. The van der Waals surface area contributed by atoms with Crippen LogP contribution in [0.1, 0.15) is 20.8 Å². The van der Waals surface area contributed by atoms with Crippen molar-refractivity contribution >= 4 is 17.4 Å². The van der Waals surface area contributed by atoms with Crippen LogP contribution in [0.5, 0.6) is 5.75 Å². The van der Waals surface area contributed by atoms with Crippen molar-refractivity contribution in [3.05, 3.63) is 24.3 Å². The normalized spacial score (nSPS) is 19.8. The van der Waals surface area contributed by atoms with E-state index in [0.29, 0.717) is 0 Å². The molecule has 0 spiro atoms. The van der Waals surface area contributed by atoms with Crippen molar-refractivity contribution < 1.29 is 14.3 Å². The number of hydrogen-bond acceptors (Lipinski definition) is 3. The molecule has 1 aliphatic rings. The van der Waals surface area contributed by atoms with E-state index in [1.165, 1.54) is 0 Å². The molecular formula is C14H17NO3. The summed E-state index contributed by atoms with van der Waals surface area (Å²) in [5.74, 6) is -0.0104. The van der Waals surface area contributed by atoms with Crippen molar-refractivity contribution in [1.29, 1.82) is 0 Å². The zero-order chi connectivity index (χ0) is 13.5. The zero-order valence-electron chi connectivity index (χ0n) is 11.1. The summed E-state index contributed by atoms with van der Waals surface area (Å²) >= 11 is 0. The molecule has 1 heterocycles. The molecule has 18 heavy (non-hydrogen) atoms. The lowest BCUT2D eigenvalue weighted by Gasteiger charge is -2.45. The van der Waals surface area contributed by atoms with E-state index in [-0.39, 0.29) is 17.2 Å². The number of ether oxygens (including phenoxy) is 1. The van der Waals surface area contributed by atoms with Crippen LogP contribution in [0.3, 0.4) is 0 Å². The van der Waals surface area contributed by atoms with Gasteiger partial charge >= 0.3 is 0 Å². The van der Waals surface area contributed by atoms with Crippen molar-refractivity contribution in [2.45, 2.75) is 26.8 Å².